The average molecular weight is 292 g/mol. The number of piperidine rings is 1. The first-order valence-corrected chi connectivity index (χ1v) is 6.55. The molecule has 0 radical (unpaired) electrons. The number of nitrogens with one attached hydrogen (secondary N) is 1. The molecule has 0 aromatic heterocycles. The third kappa shape index (κ3) is 3.98. The van der Waals surface area contributed by atoms with Gasteiger partial charge in [0.2, 0.25) is 0 Å². The number of hydrogen-bond acceptors (Lipinski definition) is 4. The molecule has 2 aliphatic heterocycles. The predicted molar refractivity (Wildman–Crippen MR) is 73.4 cm³/mol. The van der Waals surface area contributed by atoms with Crippen LogP contribution >= 0.6 is 12.4 Å². The lowest BCUT2D eigenvalue weighted by molar-refractivity contribution is -0.146. The Morgan fingerprint density at radius 1 is 1.05 bits per heavy atom. The molecule has 0 aromatic carbocycles. The van der Waals surface area contributed by atoms with E-state index in [1.54, 1.807) is 0 Å². The van der Waals surface area contributed by atoms with Crippen LogP contribution in [-0.2, 0) is 9.53 Å². The molecular formula is C12H22ClN3O3. The Morgan fingerprint density at radius 3 is 2.11 bits per heavy atom. The summed E-state index contributed by atoms with van der Waals surface area (Å²) in [6.45, 7) is 4.59. The molecule has 0 aliphatic carbocycles. The first kappa shape index (κ1) is 16.0. The van der Waals surface area contributed by atoms with E-state index < -0.39 is 0 Å². The molecule has 110 valence electrons. The number of halogens is 1. The van der Waals surface area contributed by atoms with Crippen molar-refractivity contribution in [2.24, 2.45) is 5.92 Å². The summed E-state index contributed by atoms with van der Waals surface area (Å²) in [5.41, 5.74) is 0. The number of methoxy groups -OCH3 is 1. The Bertz CT molecular complexity index is 313. The molecule has 2 saturated heterocycles. The lowest BCUT2D eigenvalue weighted by Crippen LogP contribution is -2.53. The van der Waals surface area contributed by atoms with Crippen LogP contribution in [0.2, 0.25) is 0 Å². The highest BCUT2D eigenvalue weighted by Gasteiger charge is 2.30. The van der Waals surface area contributed by atoms with Crippen molar-refractivity contribution in [2.45, 2.75) is 12.8 Å². The zero-order valence-corrected chi connectivity index (χ0v) is 12.1. The molecule has 7 heteroatoms. The molecule has 19 heavy (non-hydrogen) atoms. The monoisotopic (exact) mass is 291 g/mol. The van der Waals surface area contributed by atoms with Gasteiger partial charge in [0.1, 0.15) is 0 Å². The van der Waals surface area contributed by atoms with E-state index in [-0.39, 0.29) is 30.3 Å². The van der Waals surface area contributed by atoms with Crippen molar-refractivity contribution in [3.8, 4) is 0 Å². The minimum absolute atomic E-state index is 0. The van der Waals surface area contributed by atoms with Gasteiger partial charge >= 0.3 is 12.0 Å². The molecule has 0 aromatic rings. The zero-order chi connectivity index (χ0) is 13.0. The topological polar surface area (TPSA) is 61.9 Å². The molecule has 0 bridgehead atoms. The van der Waals surface area contributed by atoms with E-state index in [0.29, 0.717) is 25.9 Å². The molecule has 2 fully saturated rings. The SMILES string of the molecule is COC(=O)C1CCN(C(=O)N2CCNCC2)CC1.Cl. The quantitative estimate of drug-likeness (QED) is 0.707. The summed E-state index contributed by atoms with van der Waals surface area (Å²) >= 11 is 0. The number of rotatable bonds is 1. The fourth-order valence-corrected chi connectivity index (χ4v) is 2.53. The highest BCUT2D eigenvalue weighted by molar-refractivity contribution is 5.85. The van der Waals surface area contributed by atoms with E-state index >= 15 is 0 Å². The summed E-state index contributed by atoms with van der Waals surface area (Å²) in [6, 6.07) is 0.111. The molecule has 2 aliphatic rings. The Balaban J connectivity index is 0.00000180. The smallest absolute Gasteiger partial charge is 0.320 e. The van der Waals surface area contributed by atoms with Crippen LogP contribution in [0.1, 0.15) is 12.8 Å². The van der Waals surface area contributed by atoms with Gasteiger partial charge in [0, 0.05) is 39.3 Å². The maximum absolute atomic E-state index is 12.2. The molecule has 2 amide bonds. The Hall–Kier alpha value is -1.01. The van der Waals surface area contributed by atoms with E-state index in [1.807, 2.05) is 9.80 Å². The van der Waals surface area contributed by atoms with Crippen molar-refractivity contribution in [1.82, 2.24) is 15.1 Å². The molecule has 1 N–H and O–H groups in total. The van der Waals surface area contributed by atoms with Gasteiger partial charge in [0.25, 0.3) is 0 Å². The summed E-state index contributed by atoms with van der Waals surface area (Å²) in [5, 5.41) is 3.23. The fourth-order valence-electron chi connectivity index (χ4n) is 2.53. The van der Waals surface area contributed by atoms with Crippen LogP contribution in [0.4, 0.5) is 4.79 Å². The van der Waals surface area contributed by atoms with Crippen LogP contribution in [0.5, 0.6) is 0 Å². The van der Waals surface area contributed by atoms with Gasteiger partial charge in [0.15, 0.2) is 0 Å². The lowest BCUT2D eigenvalue weighted by Gasteiger charge is -2.36. The number of esters is 1. The minimum Gasteiger partial charge on any atom is -0.469 e. The number of ether oxygens (including phenoxy) is 1. The number of likely N-dealkylation sites (tertiary alicyclic amines) is 1. The van der Waals surface area contributed by atoms with E-state index in [0.717, 1.165) is 26.2 Å². The largest absolute Gasteiger partial charge is 0.469 e. The van der Waals surface area contributed by atoms with E-state index in [1.165, 1.54) is 7.11 Å². The summed E-state index contributed by atoms with van der Waals surface area (Å²) in [7, 11) is 1.42. The van der Waals surface area contributed by atoms with Gasteiger partial charge in [-0.3, -0.25) is 4.79 Å². The highest BCUT2D eigenvalue weighted by atomic mass is 35.5. The first-order chi connectivity index (χ1) is 8.72. The van der Waals surface area contributed by atoms with Gasteiger partial charge in [-0.25, -0.2) is 4.79 Å². The Kier molecular flexibility index (Phi) is 6.37. The fraction of sp³-hybridized carbons (Fsp3) is 0.833. The Labute approximate surface area is 119 Å². The van der Waals surface area contributed by atoms with Crippen molar-refractivity contribution in [2.75, 3.05) is 46.4 Å². The number of carbonyl (C=O) groups is 2. The zero-order valence-electron chi connectivity index (χ0n) is 11.3. The van der Waals surface area contributed by atoms with Crippen molar-refractivity contribution >= 4 is 24.4 Å². The third-order valence-corrected chi connectivity index (χ3v) is 3.69. The number of hydrogen-bond donors (Lipinski definition) is 1. The number of piperazine rings is 1. The lowest BCUT2D eigenvalue weighted by atomic mass is 9.97. The molecular weight excluding hydrogens is 270 g/mol. The van der Waals surface area contributed by atoms with E-state index in [4.69, 9.17) is 4.74 Å². The normalized spacial score (nSPS) is 20.7. The maximum Gasteiger partial charge on any atom is 0.320 e. The van der Waals surface area contributed by atoms with Gasteiger partial charge in [-0.2, -0.15) is 0 Å². The number of amides is 2. The first-order valence-electron chi connectivity index (χ1n) is 6.55. The second-order valence-corrected chi connectivity index (χ2v) is 4.80. The molecule has 2 rings (SSSR count). The number of carbonyl (C=O) groups excluding carboxylic acids is 2. The van der Waals surface area contributed by atoms with Crippen molar-refractivity contribution < 1.29 is 14.3 Å². The summed E-state index contributed by atoms with van der Waals surface area (Å²) in [5.74, 6) is -0.189. The van der Waals surface area contributed by atoms with Crippen LogP contribution < -0.4 is 5.32 Å². The summed E-state index contributed by atoms with van der Waals surface area (Å²) in [4.78, 5) is 27.3. The van der Waals surface area contributed by atoms with Gasteiger partial charge < -0.3 is 19.9 Å². The van der Waals surface area contributed by atoms with Crippen LogP contribution in [0, 0.1) is 5.92 Å². The summed E-state index contributed by atoms with van der Waals surface area (Å²) in [6.07, 6.45) is 1.43. The van der Waals surface area contributed by atoms with Crippen molar-refractivity contribution in [3.05, 3.63) is 0 Å². The molecule has 0 saturated carbocycles. The van der Waals surface area contributed by atoms with Crippen molar-refractivity contribution in [3.63, 3.8) is 0 Å². The van der Waals surface area contributed by atoms with Crippen LogP contribution in [0.15, 0.2) is 0 Å². The highest BCUT2D eigenvalue weighted by Crippen LogP contribution is 2.19. The number of nitrogens with zero attached hydrogens (tertiary/aromatic N) is 2. The van der Waals surface area contributed by atoms with Gasteiger partial charge in [-0.1, -0.05) is 0 Å². The van der Waals surface area contributed by atoms with Crippen LogP contribution in [0.25, 0.3) is 0 Å². The molecule has 0 atom stereocenters. The standard InChI is InChI=1S/C12H21N3O3.ClH/c1-18-11(16)10-2-6-14(7-3-10)12(17)15-8-4-13-5-9-15;/h10,13H,2-9H2,1H3;1H. The molecule has 0 unspecified atom stereocenters. The Morgan fingerprint density at radius 2 is 1.58 bits per heavy atom. The summed E-state index contributed by atoms with van der Waals surface area (Å²) < 4.78 is 4.74. The van der Waals surface area contributed by atoms with Crippen LogP contribution in [-0.4, -0.2) is 68.2 Å². The second-order valence-electron chi connectivity index (χ2n) is 4.80. The van der Waals surface area contributed by atoms with Gasteiger partial charge in [0.05, 0.1) is 13.0 Å². The van der Waals surface area contributed by atoms with Gasteiger partial charge in [-0.05, 0) is 12.8 Å². The number of urea groups is 1. The average Bonchev–Trinajstić information content (AvgIpc) is 2.47. The molecule has 0 spiro atoms. The van der Waals surface area contributed by atoms with Crippen molar-refractivity contribution in [1.29, 1.82) is 0 Å². The molecule has 6 nitrogen and oxygen atoms in total. The van der Waals surface area contributed by atoms with Crippen LogP contribution in [0.3, 0.4) is 0 Å². The van der Waals surface area contributed by atoms with Gasteiger partial charge in [-0.15, -0.1) is 12.4 Å². The second kappa shape index (κ2) is 7.55. The predicted octanol–water partition coefficient (Wildman–Crippen LogP) is 0.318. The maximum atomic E-state index is 12.2. The third-order valence-electron chi connectivity index (χ3n) is 3.69. The van der Waals surface area contributed by atoms with E-state index in [9.17, 15) is 9.59 Å². The molecule has 2 heterocycles. The van der Waals surface area contributed by atoms with E-state index in [2.05, 4.69) is 5.32 Å². The minimum atomic E-state index is -0.149.